The summed E-state index contributed by atoms with van der Waals surface area (Å²) in [6.45, 7) is 0.484. The molecule has 5 heteroatoms. The Hall–Kier alpha value is -2.56. The second-order valence-corrected chi connectivity index (χ2v) is 6.65. The van der Waals surface area contributed by atoms with E-state index < -0.39 is 0 Å². The first-order chi connectivity index (χ1) is 12.6. The highest BCUT2D eigenvalue weighted by Crippen LogP contribution is 2.29. The summed E-state index contributed by atoms with van der Waals surface area (Å²) >= 11 is 6.19. The van der Waals surface area contributed by atoms with E-state index in [0.29, 0.717) is 17.3 Å². The van der Waals surface area contributed by atoms with Crippen LogP contribution in [-0.4, -0.2) is 31.4 Å². The van der Waals surface area contributed by atoms with Gasteiger partial charge in [0.1, 0.15) is 5.76 Å². The first kappa shape index (κ1) is 18.2. The van der Waals surface area contributed by atoms with Gasteiger partial charge in [0.2, 0.25) is 0 Å². The summed E-state index contributed by atoms with van der Waals surface area (Å²) in [6, 6.07) is 21.0. The number of hydrogen-bond acceptors (Lipinski definition) is 3. The first-order valence-electron chi connectivity index (χ1n) is 8.40. The van der Waals surface area contributed by atoms with Crippen molar-refractivity contribution < 1.29 is 9.21 Å². The largest absolute Gasteiger partial charge is 0.451 e. The van der Waals surface area contributed by atoms with Gasteiger partial charge in [0.15, 0.2) is 5.76 Å². The molecule has 0 saturated carbocycles. The van der Waals surface area contributed by atoms with Crippen LogP contribution in [0.1, 0.15) is 22.2 Å². The molecule has 0 radical (unpaired) electrons. The van der Waals surface area contributed by atoms with Crippen LogP contribution >= 0.6 is 11.6 Å². The zero-order valence-corrected chi connectivity index (χ0v) is 15.5. The van der Waals surface area contributed by atoms with Crippen molar-refractivity contribution in [1.82, 2.24) is 10.2 Å². The molecule has 1 unspecified atom stereocenters. The Kier molecular flexibility index (Phi) is 5.76. The molecule has 1 atom stereocenters. The van der Waals surface area contributed by atoms with Crippen LogP contribution in [-0.2, 0) is 0 Å². The number of rotatable bonds is 6. The van der Waals surface area contributed by atoms with Gasteiger partial charge in [-0.1, -0.05) is 54.1 Å². The number of carbonyl (C=O) groups excluding carboxylic acids is 1. The lowest BCUT2D eigenvalue weighted by molar-refractivity contribution is 0.0915. The Morgan fingerprint density at radius 2 is 1.73 bits per heavy atom. The van der Waals surface area contributed by atoms with E-state index in [4.69, 9.17) is 16.0 Å². The normalized spacial score (nSPS) is 12.2. The van der Waals surface area contributed by atoms with E-state index in [2.05, 4.69) is 22.3 Å². The average Bonchev–Trinajstić information content (AvgIpc) is 3.13. The molecule has 1 heterocycles. The van der Waals surface area contributed by atoms with Gasteiger partial charge in [0, 0.05) is 12.1 Å². The highest BCUT2D eigenvalue weighted by atomic mass is 35.5. The number of amides is 1. The fraction of sp³-hybridized carbons (Fsp3) is 0.190. The van der Waals surface area contributed by atoms with Gasteiger partial charge in [0.25, 0.3) is 5.91 Å². The number of benzene rings is 2. The van der Waals surface area contributed by atoms with Gasteiger partial charge in [-0.2, -0.15) is 0 Å². The van der Waals surface area contributed by atoms with E-state index in [1.165, 1.54) is 0 Å². The Morgan fingerprint density at radius 3 is 2.42 bits per heavy atom. The Labute approximate surface area is 158 Å². The maximum Gasteiger partial charge on any atom is 0.287 e. The molecule has 1 amide bonds. The van der Waals surface area contributed by atoms with Gasteiger partial charge in [-0.25, -0.2) is 0 Å². The molecule has 1 N–H and O–H groups in total. The van der Waals surface area contributed by atoms with Gasteiger partial charge in [0.05, 0.1) is 11.1 Å². The van der Waals surface area contributed by atoms with E-state index in [0.717, 1.165) is 11.1 Å². The third-order valence-corrected chi connectivity index (χ3v) is 4.56. The van der Waals surface area contributed by atoms with Crippen LogP contribution in [0.25, 0.3) is 11.3 Å². The Balaban J connectivity index is 1.70. The monoisotopic (exact) mass is 368 g/mol. The minimum Gasteiger partial charge on any atom is -0.451 e. The molecular weight excluding hydrogens is 348 g/mol. The maximum absolute atomic E-state index is 12.5. The highest BCUT2D eigenvalue weighted by molar-refractivity contribution is 6.33. The van der Waals surface area contributed by atoms with Crippen molar-refractivity contribution in [2.75, 3.05) is 20.6 Å². The van der Waals surface area contributed by atoms with Crippen LogP contribution in [0.4, 0.5) is 0 Å². The summed E-state index contributed by atoms with van der Waals surface area (Å²) in [5, 5.41) is 3.54. The molecule has 0 saturated heterocycles. The fourth-order valence-corrected chi connectivity index (χ4v) is 3.04. The second kappa shape index (κ2) is 8.21. The van der Waals surface area contributed by atoms with Gasteiger partial charge in [-0.3, -0.25) is 4.79 Å². The average molecular weight is 369 g/mol. The molecule has 4 nitrogen and oxygen atoms in total. The molecule has 0 fully saturated rings. The van der Waals surface area contributed by atoms with Gasteiger partial charge in [-0.05, 0) is 43.9 Å². The number of likely N-dealkylation sites (N-methyl/N-ethyl adjacent to an activating group) is 1. The summed E-state index contributed by atoms with van der Waals surface area (Å²) < 4.78 is 5.70. The lowest BCUT2D eigenvalue weighted by Crippen LogP contribution is -2.34. The van der Waals surface area contributed by atoms with Gasteiger partial charge >= 0.3 is 0 Å². The van der Waals surface area contributed by atoms with Crippen LogP contribution in [0, 0.1) is 0 Å². The zero-order chi connectivity index (χ0) is 18.5. The topological polar surface area (TPSA) is 45.5 Å². The van der Waals surface area contributed by atoms with Gasteiger partial charge < -0.3 is 14.6 Å². The van der Waals surface area contributed by atoms with Crippen molar-refractivity contribution >= 4 is 17.5 Å². The molecule has 26 heavy (non-hydrogen) atoms. The van der Waals surface area contributed by atoms with E-state index in [1.807, 2.05) is 50.5 Å². The smallest absolute Gasteiger partial charge is 0.287 e. The van der Waals surface area contributed by atoms with Crippen molar-refractivity contribution in [2.45, 2.75) is 6.04 Å². The predicted octanol–water partition coefficient (Wildman–Crippen LogP) is 4.63. The molecule has 3 aromatic rings. The third-order valence-electron chi connectivity index (χ3n) is 4.23. The quantitative estimate of drug-likeness (QED) is 0.689. The van der Waals surface area contributed by atoms with Crippen molar-refractivity contribution in [1.29, 1.82) is 0 Å². The number of hydrogen-bond donors (Lipinski definition) is 1. The van der Waals surface area contributed by atoms with Crippen LogP contribution in [0.15, 0.2) is 71.1 Å². The lowest BCUT2D eigenvalue weighted by atomic mass is 10.1. The molecule has 0 spiro atoms. The number of carbonyl (C=O) groups is 1. The minimum absolute atomic E-state index is 0.0816. The number of furan rings is 1. The Morgan fingerprint density at radius 1 is 1.04 bits per heavy atom. The molecule has 0 aliphatic rings. The van der Waals surface area contributed by atoms with Crippen LogP contribution in [0.3, 0.4) is 0 Å². The molecule has 1 aromatic heterocycles. The summed E-state index contributed by atoms with van der Waals surface area (Å²) in [5.41, 5.74) is 1.91. The SMILES string of the molecule is CN(C)C(CNC(=O)c1ccc(-c2ccccc2Cl)o1)c1ccccc1. The zero-order valence-electron chi connectivity index (χ0n) is 14.8. The molecule has 0 bridgehead atoms. The molecule has 0 aliphatic heterocycles. The standard InChI is InChI=1S/C21H21ClN2O2/c1-24(2)18(15-8-4-3-5-9-15)14-23-21(25)20-13-12-19(26-20)16-10-6-7-11-17(16)22/h3-13,18H,14H2,1-2H3,(H,23,25). The predicted molar refractivity (Wildman–Crippen MR) is 104 cm³/mol. The Bertz CT molecular complexity index is 874. The molecule has 3 rings (SSSR count). The third kappa shape index (κ3) is 4.15. The van der Waals surface area contributed by atoms with Crippen LogP contribution in [0.2, 0.25) is 5.02 Å². The van der Waals surface area contributed by atoms with E-state index in [1.54, 1.807) is 18.2 Å². The van der Waals surface area contributed by atoms with Crippen molar-refractivity contribution in [3.8, 4) is 11.3 Å². The van der Waals surface area contributed by atoms with E-state index >= 15 is 0 Å². The first-order valence-corrected chi connectivity index (χ1v) is 8.78. The summed E-state index contributed by atoms with van der Waals surface area (Å²) in [7, 11) is 3.98. The van der Waals surface area contributed by atoms with Crippen molar-refractivity contribution in [3.63, 3.8) is 0 Å². The highest BCUT2D eigenvalue weighted by Gasteiger charge is 2.18. The molecular formula is C21H21ClN2O2. The second-order valence-electron chi connectivity index (χ2n) is 6.24. The van der Waals surface area contributed by atoms with Crippen LogP contribution in [0.5, 0.6) is 0 Å². The van der Waals surface area contributed by atoms with E-state index in [9.17, 15) is 4.79 Å². The van der Waals surface area contributed by atoms with Crippen molar-refractivity contribution in [3.05, 3.63) is 83.1 Å². The van der Waals surface area contributed by atoms with Gasteiger partial charge in [-0.15, -0.1) is 0 Å². The van der Waals surface area contributed by atoms with Crippen LogP contribution < -0.4 is 5.32 Å². The molecule has 2 aromatic carbocycles. The number of nitrogens with zero attached hydrogens (tertiary/aromatic N) is 1. The number of nitrogens with one attached hydrogen (secondary N) is 1. The summed E-state index contributed by atoms with van der Waals surface area (Å²) in [5.74, 6) is 0.601. The number of halogens is 1. The molecule has 134 valence electrons. The lowest BCUT2D eigenvalue weighted by Gasteiger charge is -2.24. The maximum atomic E-state index is 12.5. The summed E-state index contributed by atoms with van der Waals surface area (Å²) in [4.78, 5) is 14.6. The summed E-state index contributed by atoms with van der Waals surface area (Å²) in [6.07, 6.45) is 0. The minimum atomic E-state index is -0.244. The van der Waals surface area contributed by atoms with Crippen molar-refractivity contribution in [2.24, 2.45) is 0 Å². The van der Waals surface area contributed by atoms with E-state index in [-0.39, 0.29) is 17.7 Å². The molecule has 0 aliphatic carbocycles. The fourth-order valence-electron chi connectivity index (χ4n) is 2.82.